The quantitative estimate of drug-likeness (QED) is 0.786. The van der Waals surface area contributed by atoms with Crippen molar-refractivity contribution < 1.29 is 0 Å². The number of nitrogen functional groups attached to an aromatic ring is 1. The van der Waals surface area contributed by atoms with Crippen molar-refractivity contribution in [3.05, 3.63) is 56.6 Å². The summed E-state index contributed by atoms with van der Waals surface area (Å²) in [5.41, 5.74) is 14.5. The highest BCUT2D eigenvalue weighted by Gasteiger charge is 2.09. The van der Waals surface area contributed by atoms with E-state index in [1.807, 2.05) is 18.2 Å². The molecule has 0 unspecified atom stereocenters. The standard InChI is InChI=1S/C17H21BrN2/c1-10-7-11(2)13(4)15(12(10)3)9-20-17-6-5-14(18)8-16(17)19/h5-8,20H,9,19H2,1-4H3. The van der Waals surface area contributed by atoms with Crippen LogP contribution in [0.1, 0.15) is 27.8 Å². The second-order valence-corrected chi connectivity index (χ2v) is 6.24. The molecule has 0 bridgehead atoms. The van der Waals surface area contributed by atoms with Gasteiger partial charge < -0.3 is 11.1 Å². The maximum atomic E-state index is 6.03. The summed E-state index contributed by atoms with van der Waals surface area (Å²) in [7, 11) is 0. The van der Waals surface area contributed by atoms with Crippen molar-refractivity contribution in [3.63, 3.8) is 0 Å². The first-order valence-electron chi connectivity index (χ1n) is 6.75. The van der Waals surface area contributed by atoms with Gasteiger partial charge in [0.15, 0.2) is 0 Å². The number of hydrogen-bond acceptors (Lipinski definition) is 2. The van der Waals surface area contributed by atoms with Crippen molar-refractivity contribution in [2.24, 2.45) is 0 Å². The molecule has 0 saturated heterocycles. The lowest BCUT2D eigenvalue weighted by molar-refractivity contribution is 1.06. The molecule has 106 valence electrons. The van der Waals surface area contributed by atoms with Gasteiger partial charge in [0.1, 0.15) is 0 Å². The molecule has 0 amide bonds. The minimum atomic E-state index is 0.763. The molecule has 0 aliphatic heterocycles. The van der Waals surface area contributed by atoms with E-state index in [0.717, 1.165) is 22.4 Å². The average molecular weight is 333 g/mol. The zero-order valence-electron chi connectivity index (χ0n) is 12.5. The van der Waals surface area contributed by atoms with Crippen molar-refractivity contribution >= 4 is 27.3 Å². The summed E-state index contributed by atoms with van der Waals surface area (Å²) < 4.78 is 0.999. The van der Waals surface area contributed by atoms with Crippen molar-refractivity contribution in [2.75, 3.05) is 11.1 Å². The van der Waals surface area contributed by atoms with Crippen LogP contribution in [0.25, 0.3) is 0 Å². The molecular weight excluding hydrogens is 312 g/mol. The van der Waals surface area contributed by atoms with Crippen LogP contribution in [0.15, 0.2) is 28.7 Å². The van der Waals surface area contributed by atoms with Crippen LogP contribution >= 0.6 is 15.9 Å². The van der Waals surface area contributed by atoms with Gasteiger partial charge in [-0.1, -0.05) is 22.0 Å². The van der Waals surface area contributed by atoms with Crippen molar-refractivity contribution in [3.8, 4) is 0 Å². The molecule has 0 heterocycles. The smallest absolute Gasteiger partial charge is 0.0577 e. The molecule has 0 aromatic heterocycles. The summed E-state index contributed by atoms with van der Waals surface area (Å²) in [6, 6.07) is 8.18. The van der Waals surface area contributed by atoms with Crippen LogP contribution in [-0.2, 0) is 6.54 Å². The highest BCUT2D eigenvalue weighted by atomic mass is 79.9. The Labute approximate surface area is 129 Å². The Morgan fingerprint density at radius 1 is 1.00 bits per heavy atom. The van der Waals surface area contributed by atoms with E-state index in [2.05, 4.69) is 55.0 Å². The normalized spacial score (nSPS) is 10.7. The second kappa shape index (κ2) is 5.88. The highest BCUT2D eigenvalue weighted by molar-refractivity contribution is 9.10. The lowest BCUT2D eigenvalue weighted by Crippen LogP contribution is -2.07. The first-order valence-corrected chi connectivity index (χ1v) is 7.54. The minimum Gasteiger partial charge on any atom is -0.397 e. The van der Waals surface area contributed by atoms with Crippen molar-refractivity contribution in [2.45, 2.75) is 34.2 Å². The van der Waals surface area contributed by atoms with E-state index >= 15 is 0 Å². The van der Waals surface area contributed by atoms with E-state index in [0.29, 0.717) is 0 Å². The van der Waals surface area contributed by atoms with Crippen LogP contribution < -0.4 is 11.1 Å². The summed E-state index contributed by atoms with van der Waals surface area (Å²) in [6.45, 7) is 9.50. The SMILES string of the molecule is Cc1cc(C)c(C)c(CNc2ccc(Br)cc2N)c1C. The Bertz CT molecular complexity index is 622. The van der Waals surface area contributed by atoms with E-state index in [1.54, 1.807) is 0 Å². The molecule has 0 saturated carbocycles. The number of aryl methyl sites for hydroxylation is 2. The van der Waals surface area contributed by atoms with Crippen LogP contribution in [0.4, 0.5) is 11.4 Å². The Hall–Kier alpha value is -1.48. The molecular formula is C17H21BrN2. The Balaban J connectivity index is 2.27. The molecule has 3 N–H and O–H groups in total. The molecule has 20 heavy (non-hydrogen) atoms. The van der Waals surface area contributed by atoms with Gasteiger partial charge in [0.05, 0.1) is 11.4 Å². The Morgan fingerprint density at radius 3 is 2.15 bits per heavy atom. The zero-order valence-corrected chi connectivity index (χ0v) is 14.1. The van der Waals surface area contributed by atoms with E-state index in [-0.39, 0.29) is 0 Å². The van der Waals surface area contributed by atoms with Gasteiger partial charge in [0, 0.05) is 11.0 Å². The minimum absolute atomic E-state index is 0.763. The van der Waals surface area contributed by atoms with Gasteiger partial charge in [-0.2, -0.15) is 0 Å². The maximum absolute atomic E-state index is 6.03. The molecule has 0 aliphatic carbocycles. The second-order valence-electron chi connectivity index (χ2n) is 5.32. The fourth-order valence-corrected chi connectivity index (χ4v) is 2.82. The molecule has 2 aromatic rings. The van der Waals surface area contributed by atoms with Gasteiger partial charge in [-0.25, -0.2) is 0 Å². The summed E-state index contributed by atoms with van der Waals surface area (Å²) in [5, 5.41) is 3.45. The first kappa shape index (κ1) is 14.9. The third kappa shape index (κ3) is 2.98. The third-order valence-corrected chi connectivity index (χ3v) is 4.48. The number of hydrogen-bond donors (Lipinski definition) is 2. The number of halogens is 1. The lowest BCUT2D eigenvalue weighted by Gasteiger charge is -2.17. The van der Waals surface area contributed by atoms with Crippen molar-refractivity contribution in [1.29, 1.82) is 0 Å². The number of nitrogens with two attached hydrogens (primary N) is 1. The molecule has 0 radical (unpaired) electrons. The Morgan fingerprint density at radius 2 is 1.60 bits per heavy atom. The van der Waals surface area contributed by atoms with Gasteiger partial charge in [0.2, 0.25) is 0 Å². The van der Waals surface area contributed by atoms with Crippen LogP contribution in [0.2, 0.25) is 0 Å². The fourth-order valence-electron chi connectivity index (χ4n) is 2.44. The molecule has 2 rings (SSSR count). The van der Waals surface area contributed by atoms with Gasteiger partial charge in [-0.05, 0) is 73.7 Å². The largest absolute Gasteiger partial charge is 0.397 e. The summed E-state index contributed by atoms with van der Waals surface area (Å²) in [5.74, 6) is 0. The Kier molecular flexibility index (Phi) is 4.39. The molecule has 0 atom stereocenters. The lowest BCUT2D eigenvalue weighted by atomic mass is 9.94. The first-order chi connectivity index (χ1) is 9.40. The third-order valence-electron chi connectivity index (χ3n) is 3.99. The molecule has 0 spiro atoms. The van der Waals surface area contributed by atoms with E-state index < -0.39 is 0 Å². The summed E-state index contributed by atoms with van der Waals surface area (Å²) in [4.78, 5) is 0. The van der Waals surface area contributed by atoms with Gasteiger partial charge in [-0.15, -0.1) is 0 Å². The number of benzene rings is 2. The van der Waals surface area contributed by atoms with Crippen LogP contribution in [-0.4, -0.2) is 0 Å². The highest BCUT2D eigenvalue weighted by Crippen LogP contribution is 2.26. The summed E-state index contributed by atoms with van der Waals surface area (Å²) in [6.07, 6.45) is 0. The van der Waals surface area contributed by atoms with E-state index in [4.69, 9.17) is 5.73 Å². The van der Waals surface area contributed by atoms with Gasteiger partial charge >= 0.3 is 0 Å². The number of rotatable bonds is 3. The topological polar surface area (TPSA) is 38.0 Å². The van der Waals surface area contributed by atoms with Crippen LogP contribution in [0.3, 0.4) is 0 Å². The maximum Gasteiger partial charge on any atom is 0.0577 e. The zero-order chi connectivity index (χ0) is 14.9. The van der Waals surface area contributed by atoms with E-state index in [9.17, 15) is 0 Å². The van der Waals surface area contributed by atoms with Crippen LogP contribution in [0, 0.1) is 27.7 Å². The molecule has 2 aromatic carbocycles. The van der Waals surface area contributed by atoms with Crippen molar-refractivity contribution in [1.82, 2.24) is 0 Å². The molecule has 3 heteroatoms. The van der Waals surface area contributed by atoms with Gasteiger partial charge in [0.25, 0.3) is 0 Å². The number of anilines is 2. The van der Waals surface area contributed by atoms with Gasteiger partial charge in [-0.3, -0.25) is 0 Å². The monoisotopic (exact) mass is 332 g/mol. The predicted octanol–water partition coefficient (Wildman–Crippen LogP) is 4.88. The van der Waals surface area contributed by atoms with E-state index in [1.165, 1.54) is 27.8 Å². The predicted molar refractivity (Wildman–Crippen MR) is 91.3 cm³/mol. The average Bonchev–Trinajstić information content (AvgIpc) is 2.38. The molecule has 0 fully saturated rings. The fraction of sp³-hybridized carbons (Fsp3) is 0.294. The summed E-state index contributed by atoms with van der Waals surface area (Å²) >= 11 is 3.43. The van der Waals surface area contributed by atoms with Crippen LogP contribution in [0.5, 0.6) is 0 Å². The molecule has 0 aliphatic rings. The number of nitrogens with one attached hydrogen (secondary N) is 1. The molecule has 2 nitrogen and oxygen atoms in total.